The van der Waals surface area contributed by atoms with Crippen LogP contribution in [0.1, 0.15) is 30.5 Å². The third kappa shape index (κ3) is 7.03. The third-order valence-corrected chi connectivity index (χ3v) is 4.64. The Morgan fingerprint density at radius 3 is 1.82 bits per heavy atom. The molecule has 34 heavy (non-hydrogen) atoms. The standard InChI is InChI=1S/C25H25N5O4/c1-3-33-22(31)13-17-5-9-20(10-6-17)28-24-19(15-26)16-27-25(30-24)29-21-11-7-18(8-12-21)14-23(32)34-4-2/h5-12,16H,3-4,13-14H2,1-2H3,(H2,27,28,29,30). The van der Waals surface area contributed by atoms with Crippen molar-refractivity contribution in [3.05, 3.63) is 71.4 Å². The van der Waals surface area contributed by atoms with Gasteiger partial charge in [0.2, 0.25) is 5.95 Å². The van der Waals surface area contributed by atoms with Gasteiger partial charge in [-0.05, 0) is 49.2 Å². The van der Waals surface area contributed by atoms with Crippen LogP contribution < -0.4 is 10.6 Å². The molecule has 1 heterocycles. The van der Waals surface area contributed by atoms with Crippen molar-refractivity contribution in [2.24, 2.45) is 0 Å². The summed E-state index contributed by atoms with van der Waals surface area (Å²) in [6.07, 6.45) is 1.83. The normalized spacial score (nSPS) is 10.1. The fourth-order valence-corrected chi connectivity index (χ4v) is 3.05. The van der Waals surface area contributed by atoms with E-state index in [1.54, 1.807) is 26.0 Å². The van der Waals surface area contributed by atoms with Crippen LogP contribution in [0.2, 0.25) is 0 Å². The van der Waals surface area contributed by atoms with Gasteiger partial charge in [0.25, 0.3) is 0 Å². The molecule has 0 atom stereocenters. The summed E-state index contributed by atoms with van der Waals surface area (Å²) in [4.78, 5) is 31.9. The van der Waals surface area contributed by atoms with Crippen LogP contribution in [0.3, 0.4) is 0 Å². The van der Waals surface area contributed by atoms with E-state index in [0.717, 1.165) is 16.8 Å². The molecule has 9 nitrogen and oxygen atoms in total. The van der Waals surface area contributed by atoms with E-state index in [-0.39, 0.29) is 30.3 Å². The molecule has 9 heteroatoms. The predicted molar refractivity (Wildman–Crippen MR) is 127 cm³/mol. The number of rotatable bonds is 10. The van der Waals surface area contributed by atoms with E-state index in [1.807, 2.05) is 36.4 Å². The second kappa shape index (κ2) is 12.0. The summed E-state index contributed by atoms with van der Waals surface area (Å²) in [5, 5.41) is 15.6. The zero-order valence-corrected chi connectivity index (χ0v) is 19.0. The van der Waals surface area contributed by atoms with Gasteiger partial charge in [-0.3, -0.25) is 9.59 Å². The van der Waals surface area contributed by atoms with Crippen LogP contribution in [0, 0.1) is 11.3 Å². The van der Waals surface area contributed by atoms with E-state index in [0.29, 0.717) is 30.7 Å². The number of ether oxygens (including phenoxy) is 2. The van der Waals surface area contributed by atoms with Gasteiger partial charge in [-0.15, -0.1) is 0 Å². The molecule has 174 valence electrons. The topological polar surface area (TPSA) is 126 Å². The molecule has 2 N–H and O–H groups in total. The molecule has 0 aliphatic heterocycles. The lowest BCUT2D eigenvalue weighted by molar-refractivity contribution is -0.143. The van der Waals surface area contributed by atoms with Crippen molar-refractivity contribution in [1.82, 2.24) is 9.97 Å². The molecule has 0 bridgehead atoms. The molecular formula is C25H25N5O4. The molecule has 0 unspecified atom stereocenters. The van der Waals surface area contributed by atoms with Crippen molar-refractivity contribution in [2.45, 2.75) is 26.7 Å². The van der Waals surface area contributed by atoms with Gasteiger partial charge in [0.15, 0.2) is 5.82 Å². The zero-order chi connectivity index (χ0) is 24.3. The third-order valence-electron chi connectivity index (χ3n) is 4.64. The molecular weight excluding hydrogens is 434 g/mol. The van der Waals surface area contributed by atoms with E-state index in [9.17, 15) is 14.9 Å². The van der Waals surface area contributed by atoms with E-state index < -0.39 is 0 Å². The highest BCUT2D eigenvalue weighted by atomic mass is 16.5. The minimum atomic E-state index is -0.282. The Morgan fingerprint density at radius 1 is 0.853 bits per heavy atom. The average molecular weight is 460 g/mol. The minimum Gasteiger partial charge on any atom is -0.466 e. The maximum Gasteiger partial charge on any atom is 0.310 e. The number of hydrogen-bond donors (Lipinski definition) is 2. The van der Waals surface area contributed by atoms with Crippen molar-refractivity contribution in [1.29, 1.82) is 5.26 Å². The minimum absolute atomic E-state index is 0.192. The number of anilines is 4. The number of nitrogens with zero attached hydrogens (tertiary/aromatic N) is 3. The fraction of sp³-hybridized carbons (Fsp3) is 0.240. The maximum atomic E-state index is 11.6. The second-order valence-corrected chi connectivity index (χ2v) is 7.18. The van der Waals surface area contributed by atoms with Crippen molar-refractivity contribution in [3.8, 4) is 6.07 Å². The quantitative estimate of drug-likeness (QED) is 0.432. The van der Waals surface area contributed by atoms with Gasteiger partial charge in [-0.1, -0.05) is 24.3 Å². The largest absolute Gasteiger partial charge is 0.466 e. The van der Waals surface area contributed by atoms with Crippen molar-refractivity contribution < 1.29 is 19.1 Å². The van der Waals surface area contributed by atoms with Crippen LogP contribution in [0.25, 0.3) is 0 Å². The molecule has 0 radical (unpaired) electrons. The molecule has 3 rings (SSSR count). The number of nitrogens with one attached hydrogen (secondary N) is 2. The van der Waals surface area contributed by atoms with E-state index >= 15 is 0 Å². The molecule has 0 aliphatic carbocycles. The van der Waals surface area contributed by atoms with E-state index in [2.05, 4.69) is 26.7 Å². The number of nitriles is 1. The first-order chi connectivity index (χ1) is 16.5. The highest BCUT2D eigenvalue weighted by Gasteiger charge is 2.10. The SMILES string of the molecule is CCOC(=O)Cc1ccc(Nc2ncc(C#N)c(Nc3ccc(CC(=O)OCC)cc3)n2)cc1. The van der Waals surface area contributed by atoms with Gasteiger partial charge in [0.1, 0.15) is 11.6 Å². The average Bonchev–Trinajstić information content (AvgIpc) is 2.82. The summed E-state index contributed by atoms with van der Waals surface area (Å²) in [5.41, 5.74) is 3.37. The van der Waals surface area contributed by atoms with Gasteiger partial charge < -0.3 is 20.1 Å². The first kappa shape index (κ1) is 24.2. The van der Waals surface area contributed by atoms with Gasteiger partial charge in [0.05, 0.1) is 32.3 Å². The number of hydrogen-bond acceptors (Lipinski definition) is 9. The predicted octanol–water partition coefficient (Wildman–Crippen LogP) is 4.05. The molecule has 2 aromatic carbocycles. The summed E-state index contributed by atoms with van der Waals surface area (Å²) in [6, 6.07) is 16.6. The van der Waals surface area contributed by atoms with Gasteiger partial charge in [-0.25, -0.2) is 4.98 Å². The Morgan fingerprint density at radius 2 is 1.35 bits per heavy atom. The lowest BCUT2D eigenvalue weighted by Gasteiger charge is -2.11. The van der Waals surface area contributed by atoms with Crippen LogP contribution in [-0.4, -0.2) is 35.1 Å². The summed E-state index contributed by atoms with van der Waals surface area (Å²) < 4.78 is 9.92. The molecule has 0 spiro atoms. The number of esters is 2. The molecule has 0 fully saturated rings. The van der Waals surface area contributed by atoms with Crippen LogP contribution in [0.5, 0.6) is 0 Å². The molecule has 0 saturated heterocycles. The number of benzene rings is 2. The Balaban J connectivity index is 1.68. The molecule has 0 saturated carbocycles. The summed E-state index contributed by atoms with van der Waals surface area (Å²) in [6.45, 7) is 4.23. The van der Waals surface area contributed by atoms with Crippen LogP contribution in [0.15, 0.2) is 54.7 Å². The first-order valence-corrected chi connectivity index (χ1v) is 10.8. The number of carbonyl (C=O) groups is 2. The van der Waals surface area contributed by atoms with Crippen molar-refractivity contribution in [3.63, 3.8) is 0 Å². The summed E-state index contributed by atoms with van der Waals surface area (Å²) in [7, 11) is 0. The maximum absolute atomic E-state index is 11.6. The molecule has 0 aliphatic rings. The van der Waals surface area contributed by atoms with Crippen LogP contribution >= 0.6 is 0 Å². The zero-order valence-electron chi connectivity index (χ0n) is 19.0. The monoisotopic (exact) mass is 459 g/mol. The summed E-state index contributed by atoms with van der Waals surface area (Å²) >= 11 is 0. The molecule has 3 aromatic rings. The summed E-state index contributed by atoms with van der Waals surface area (Å²) in [5.74, 6) is 0.0920. The smallest absolute Gasteiger partial charge is 0.310 e. The van der Waals surface area contributed by atoms with E-state index in [4.69, 9.17) is 9.47 Å². The Hall–Kier alpha value is -4.45. The van der Waals surface area contributed by atoms with Crippen molar-refractivity contribution >= 4 is 35.1 Å². The van der Waals surface area contributed by atoms with Crippen LogP contribution in [-0.2, 0) is 31.9 Å². The van der Waals surface area contributed by atoms with Gasteiger partial charge >= 0.3 is 11.9 Å². The Labute approximate surface area is 197 Å². The highest BCUT2D eigenvalue weighted by molar-refractivity contribution is 5.73. The Bertz CT molecular complexity index is 1170. The number of aromatic nitrogens is 2. The lowest BCUT2D eigenvalue weighted by Crippen LogP contribution is -2.07. The first-order valence-electron chi connectivity index (χ1n) is 10.8. The lowest BCUT2D eigenvalue weighted by atomic mass is 10.1. The van der Waals surface area contributed by atoms with Crippen LogP contribution in [0.4, 0.5) is 23.1 Å². The van der Waals surface area contributed by atoms with Crippen molar-refractivity contribution in [2.75, 3.05) is 23.8 Å². The Kier molecular flexibility index (Phi) is 8.52. The molecule has 1 aromatic heterocycles. The fourth-order valence-electron chi connectivity index (χ4n) is 3.05. The second-order valence-electron chi connectivity index (χ2n) is 7.18. The van der Waals surface area contributed by atoms with Gasteiger partial charge in [-0.2, -0.15) is 10.2 Å². The number of carbonyl (C=O) groups excluding carboxylic acids is 2. The molecule has 0 amide bonds. The van der Waals surface area contributed by atoms with Gasteiger partial charge in [0, 0.05) is 11.4 Å². The highest BCUT2D eigenvalue weighted by Crippen LogP contribution is 2.22. The van der Waals surface area contributed by atoms with E-state index in [1.165, 1.54) is 6.20 Å².